The van der Waals surface area contributed by atoms with Gasteiger partial charge in [0.25, 0.3) is 0 Å². The fourth-order valence-electron chi connectivity index (χ4n) is 3.02. The van der Waals surface area contributed by atoms with Gasteiger partial charge in [0.05, 0.1) is 11.4 Å². The van der Waals surface area contributed by atoms with Crippen molar-refractivity contribution < 1.29 is 0 Å². The standard InChI is InChI=1S/C20H19N3/c1-3-20(2)22-18(14-9-5-4-6-10-14)19(23-20)16-13-21-17-12-8-7-11-15(16)17/h4-13,21H,3H2,1-2H3. The molecule has 0 amide bonds. The summed E-state index contributed by atoms with van der Waals surface area (Å²) >= 11 is 0. The van der Waals surface area contributed by atoms with Crippen molar-refractivity contribution in [1.29, 1.82) is 0 Å². The van der Waals surface area contributed by atoms with Gasteiger partial charge in [0.15, 0.2) is 0 Å². The Morgan fingerprint density at radius 2 is 1.61 bits per heavy atom. The molecule has 1 unspecified atom stereocenters. The van der Waals surface area contributed by atoms with Gasteiger partial charge >= 0.3 is 0 Å². The molecular formula is C20H19N3. The van der Waals surface area contributed by atoms with Gasteiger partial charge in [-0.3, -0.25) is 9.98 Å². The van der Waals surface area contributed by atoms with Gasteiger partial charge in [-0.15, -0.1) is 0 Å². The number of rotatable bonds is 3. The quantitative estimate of drug-likeness (QED) is 0.735. The van der Waals surface area contributed by atoms with Gasteiger partial charge in [-0.25, -0.2) is 0 Å². The van der Waals surface area contributed by atoms with E-state index >= 15 is 0 Å². The minimum atomic E-state index is -0.376. The molecule has 0 saturated carbocycles. The van der Waals surface area contributed by atoms with Crippen molar-refractivity contribution in [1.82, 2.24) is 4.98 Å². The van der Waals surface area contributed by atoms with E-state index in [4.69, 9.17) is 9.98 Å². The number of benzene rings is 2. The molecule has 0 radical (unpaired) electrons. The number of fused-ring (bicyclic) bond motifs is 1. The first-order chi connectivity index (χ1) is 11.2. The minimum Gasteiger partial charge on any atom is -0.360 e. The second-order valence-corrected chi connectivity index (χ2v) is 6.11. The maximum Gasteiger partial charge on any atom is 0.148 e. The molecule has 1 atom stereocenters. The monoisotopic (exact) mass is 301 g/mol. The van der Waals surface area contributed by atoms with Gasteiger partial charge in [0.2, 0.25) is 0 Å². The minimum absolute atomic E-state index is 0.376. The number of nitrogens with zero attached hydrogens (tertiary/aromatic N) is 2. The number of aromatic nitrogens is 1. The number of hydrogen-bond acceptors (Lipinski definition) is 2. The molecule has 1 aliphatic heterocycles. The third-order valence-electron chi connectivity index (χ3n) is 4.49. The normalized spacial score (nSPS) is 20.6. The number of nitrogens with one attached hydrogen (secondary N) is 1. The van der Waals surface area contributed by atoms with Crippen molar-refractivity contribution in [3.05, 3.63) is 71.9 Å². The summed E-state index contributed by atoms with van der Waals surface area (Å²) in [6.45, 7) is 4.23. The van der Waals surface area contributed by atoms with E-state index in [1.165, 1.54) is 5.39 Å². The van der Waals surface area contributed by atoms with Crippen molar-refractivity contribution >= 4 is 22.3 Å². The largest absolute Gasteiger partial charge is 0.360 e. The summed E-state index contributed by atoms with van der Waals surface area (Å²) in [5.41, 5.74) is 4.97. The number of H-pyrrole nitrogens is 1. The molecular weight excluding hydrogens is 282 g/mol. The lowest BCUT2D eigenvalue weighted by molar-refractivity contribution is 0.491. The second kappa shape index (κ2) is 5.20. The van der Waals surface area contributed by atoms with E-state index in [0.29, 0.717) is 0 Å². The van der Waals surface area contributed by atoms with Crippen LogP contribution in [0.2, 0.25) is 0 Å². The average molecular weight is 301 g/mol. The zero-order valence-electron chi connectivity index (χ0n) is 13.4. The first-order valence-corrected chi connectivity index (χ1v) is 8.02. The highest BCUT2D eigenvalue weighted by Crippen LogP contribution is 2.30. The van der Waals surface area contributed by atoms with Crippen molar-refractivity contribution in [3.63, 3.8) is 0 Å². The molecule has 3 nitrogen and oxygen atoms in total. The van der Waals surface area contributed by atoms with Gasteiger partial charge in [-0.05, 0) is 19.4 Å². The highest BCUT2D eigenvalue weighted by molar-refractivity contribution is 6.56. The predicted molar refractivity (Wildman–Crippen MR) is 96.5 cm³/mol. The fourth-order valence-corrected chi connectivity index (χ4v) is 3.02. The molecule has 23 heavy (non-hydrogen) atoms. The first-order valence-electron chi connectivity index (χ1n) is 8.02. The van der Waals surface area contributed by atoms with Crippen LogP contribution in [0.4, 0.5) is 0 Å². The first kappa shape index (κ1) is 13.9. The Morgan fingerprint density at radius 1 is 0.913 bits per heavy atom. The van der Waals surface area contributed by atoms with Crippen molar-refractivity contribution in [2.75, 3.05) is 0 Å². The highest BCUT2D eigenvalue weighted by Gasteiger charge is 2.32. The molecule has 0 fully saturated rings. The third-order valence-corrected chi connectivity index (χ3v) is 4.49. The summed E-state index contributed by atoms with van der Waals surface area (Å²) in [6.07, 6.45) is 2.93. The third kappa shape index (κ3) is 2.29. The second-order valence-electron chi connectivity index (χ2n) is 6.11. The molecule has 2 heterocycles. The van der Waals surface area contributed by atoms with Gasteiger partial charge < -0.3 is 4.98 Å². The summed E-state index contributed by atoms with van der Waals surface area (Å²) in [5.74, 6) is 0. The lowest BCUT2D eigenvalue weighted by Gasteiger charge is -2.13. The summed E-state index contributed by atoms with van der Waals surface area (Å²) in [5, 5.41) is 1.19. The fraction of sp³-hybridized carbons (Fsp3) is 0.200. The summed E-state index contributed by atoms with van der Waals surface area (Å²) < 4.78 is 0. The van der Waals surface area contributed by atoms with Crippen LogP contribution >= 0.6 is 0 Å². The number of aromatic amines is 1. The Kier molecular flexibility index (Phi) is 3.15. The van der Waals surface area contributed by atoms with E-state index in [1.807, 2.05) is 30.5 Å². The Morgan fingerprint density at radius 3 is 2.39 bits per heavy atom. The highest BCUT2D eigenvalue weighted by atomic mass is 15.1. The van der Waals surface area contributed by atoms with Crippen LogP contribution in [-0.4, -0.2) is 22.1 Å². The summed E-state index contributed by atoms with van der Waals surface area (Å²) in [4.78, 5) is 13.3. The number of para-hydroxylation sites is 1. The summed E-state index contributed by atoms with van der Waals surface area (Å²) in [6, 6.07) is 18.7. The van der Waals surface area contributed by atoms with E-state index in [9.17, 15) is 0 Å². The number of hydrogen-bond donors (Lipinski definition) is 1. The van der Waals surface area contributed by atoms with E-state index < -0.39 is 0 Å². The van der Waals surface area contributed by atoms with E-state index in [-0.39, 0.29) is 5.66 Å². The van der Waals surface area contributed by atoms with Crippen molar-refractivity contribution in [3.8, 4) is 0 Å². The maximum absolute atomic E-state index is 4.98. The van der Waals surface area contributed by atoms with Crippen LogP contribution in [0, 0.1) is 0 Å². The van der Waals surface area contributed by atoms with E-state index in [1.54, 1.807) is 0 Å². The molecule has 0 aliphatic carbocycles. The summed E-state index contributed by atoms with van der Waals surface area (Å²) in [7, 11) is 0. The molecule has 1 N–H and O–H groups in total. The lowest BCUT2D eigenvalue weighted by atomic mass is 10.00. The predicted octanol–water partition coefficient (Wildman–Crippen LogP) is 4.59. The molecule has 0 saturated heterocycles. The molecule has 0 spiro atoms. The molecule has 4 rings (SSSR count). The van der Waals surface area contributed by atoms with Crippen LogP contribution in [0.5, 0.6) is 0 Å². The molecule has 114 valence electrons. The van der Waals surface area contributed by atoms with Crippen LogP contribution in [-0.2, 0) is 0 Å². The van der Waals surface area contributed by atoms with Crippen LogP contribution in [0.15, 0.2) is 70.8 Å². The maximum atomic E-state index is 4.98. The molecule has 3 aromatic rings. The average Bonchev–Trinajstić information content (AvgIpc) is 3.17. The molecule has 1 aliphatic rings. The van der Waals surface area contributed by atoms with E-state index in [2.05, 4.69) is 49.2 Å². The molecule has 2 aromatic carbocycles. The van der Waals surface area contributed by atoms with Gasteiger partial charge in [-0.2, -0.15) is 0 Å². The number of aliphatic imine (C=N–C) groups is 2. The Balaban J connectivity index is 1.92. The van der Waals surface area contributed by atoms with Gasteiger partial charge in [0.1, 0.15) is 5.66 Å². The molecule has 0 bridgehead atoms. The Labute approximate surface area is 135 Å². The zero-order valence-corrected chi connectivity index (χ0v) is 13.4. The molecule has 1 aromatic heterocycles. The van der Waals surface area contributed by atoms with Crippen LogP contribution in [0.25, 0.3) is 10.9 Å². The van der Waals surface area contributed by atoms with Crippen molar-refractivity contribution in [2.45, 2.75) is 25.9 Å². The van der Waals surface area contributed by atoms with E-state index in [0.717, 1.165) is 34.5 Å². The SMILES string of the molecule is CCC1(C)N=C(c2ccccc2)C(c2c[nH]c3ccccc23)=N1. The van der Waals surface area contributed by atoms with Crippen LogP contribution in [0.3, 0.4) is 0 Å². The van der Waals surface area contributed by atoms with Crippen molar-refractivity contribution in [2.24, 2.45) is 9.98 Å². The topological polar surface area (TPSA) is 40.5 Å². The zero-order chi connectivity index (χ0) is 15.9. The van der Waals surface area contributed by atoms with Crippen LogP contribution < -0.4 is 0 Å². The van der Waals surface area contributed by atoms with Gasteiger partial charge in [0, 0.05) is 28.2 Å². The molecule has 3 heteroatoms. The lowest BCUT2D eigenvalue weighted by Crippen LogP contribution is -2.14. The Bertz CT molecular complexity index is 918. The Hall–Kier alpha value is -2.68. The smallest absolute Gasteiger partial charge is 0.148 e. The van der Waals surface area contributed by atoms with Crippen LogP contribution in [0.1, 0.15) is 31.4 Å². The van der Waals surface area contributed by atoms with Gasteiger partial charge in [-0.1, -0.05) is 55.5 Å².